The Morgan fingerprint density at radius 2 is 2.07 bits per heavy atom. The third-order valence-corrected chi connectivity index (χ3v) is 2.88. The first kappa shape index (κ1) is 9.58. The van der Waals surface area contributed by atoms with Gasteiger partial charge in [-0.1, -0.05) is 18.2 Å². The summed E-state index contributed by atoms with van der Waals surface area (Å²) in [5.41, 5.74) is 1.63. The number of hydrogen-bond acceptors (Lipinski definition) is 2. The summed E-state index contributed by atoms with van der Waals surface area (Å²) in [5, 5.41) is 1.01. The van der Waals surface area contributed by atoms with Gasteiger partial charge in [0.15, 0.2) is 5.78 Å². The van der Waals surface area contributed by atoms with Crippen molar-refractivity contribution in [1.82, 2.24) is 4.98 Å². The lowest BCUT2D eigenvalue weighted by atomic mass is 10.1. The third-order valence-electron chi connectivity index (χ3n) is 2.06. The Kier molecular flexibility index (Phi) is 2.50. The Hall–Kier alpha value is -0.970. The molecule has 0 aliphatic rings. The van der Waals surface area contributed by atoms with Crippen molar-refractivity contribution in [1.29, 1.82) is 0 Å². The number of pyridine rings is 1. The van der Waals surface area contributed by atoms with Crippen LogP contribution in [0, 0.1) is 3.70 Å². The first-order valence-corrected chi connectivity index (χ1v) is 5.32. The highest BCUT2D eigenvalue weighted by atomic mass is 127. The maximum Gasteiger partial charge on any atom is 0.162 e. The van der Waals surface area contributed by atoms with E-state index in [0.717, 1.165) is 14.6 Å². The lowest BCUT2D eigenvalue weighted by Crippen LogP contribution is -1.98. The summed E-state index contributed by atoms with van der Waals surface area (Å²) in [4.78, 5) is 15.6. The molecule has 14 heavy (non-hydrogen) atoms. The molecule has 0 spiro atoms. The van der Waals surface area contributed by atoms with Crippen molar-refractivity contribution in [3.8, 4) is 0 Å². The molecular formula is C11H8INO. The lowest BCUT2D eigenvalue weighted by molar-refractivity contribution is 0.101. The zero-order valence-electron chi connectivity index (χ0n) is 7.62. The van der Waals surface area contributed by atoms with E-state index < -0.39 is 0 Å². The number of aromatic nitrogens is 1. The van der Waals surface area contributed by atoms with Crippen LogP contribution >= 0.6 is 22.6 Å². The molecule has 0 aliphatic heterocycles. The Bertz CT molecular complexity index is 508. The molecule has 0 saturated heterocycles. The van der Waals surface area contributed by atoms with Crippen LogP contribution in [0.15, 0.2) is 30.3 Å². The zero-order chi connectivity index (χ0) is 10.1. The summed E-state index contributed by atoms with van der Waals surface area (Å²) in [5.74, 6) is 0.0626. The minimum Gasteiger partial charge on any atom is -0.294 e. The molecule has 0 atom stereocenters. The SMILES string of the molecule is CC(=O)c1cc2ccccc2nc1I. The van der Waals surface area contributed by atoms with Crippen LogP contribution in [0.3, 0.4) is 0 Å². The van der Waals surface area contributed by atoms with Gasteiger partial charge in [0, 0.05) is 10.9 Å². The molecule has 1 aromatic heterocycles. The second-order valence-electron chi connectivity index (χ2n) is 3.08. The Labute approximate surface area is 95.5 Å². The molecule has 0 bridgehead atoms. The normalized spacial score (nSPS) is 10.4. The number of halogens is 1. The minimum absolute atomic E-state index is 0.0626. The number of nitrogens with zero attached hydrogens (tertiary/aromatic N) is 1. The van der Waals surface area contributed by atoms with E-state index in [1.54, 1.807) is 6.92 Å². The number of carbonyl (C=O) groups excluding carboxylic acids is 1. The van der Waals surface area contributed by atoms with Gasteiger partial charge < -0.3 is 0 Å². The van der Waals surface area contributed by atoms with Crippen molar-refractivity contribution in [2.75, 3.05) is 0 Å². The molecule has 0 radical (unpaired) electrons. The molecule has 0 fully saturated rings. The van der Waals surface area contributed by atoms with Crippen LogP contribution in [0.2, 0.25) is 0 Å². The molecule has 0 amide bonds. The highest BCUT2D eigenvalue weighted by Crippen LogP contribution is 2.18. The number of benzene rings is 1. The Balaban J connectivity index is 2.77. The van der Waals surface area contributed by atoms with Crippen LogP contribution in [0.25, 0.3) is 10.9 Å². The largest absolute Gasteiger partial charge is 0.294 e. The molecular weight excluding hydrogens is 289 g/mol. The number of Topliss-reactive ketones (excluding diaryl/α,β-unsaturated/α-hetero) is 1. The molecule has 1 aromatic carbocycles. The van der Waals surface area contributed by atoms with Gasteiger partial charge in [-0.2, -0.15) is 0 Å². The van der Waals surface area contributed by atoms with Crippen LogP contribution in [-0.4, -0.2) is 10.8 Å². The van der Waals surface area contributed by atoms with Gasteiger partial charge in [-0.15, -0.1) is 0 Å². The fourth-order valence-corrected chi connectivity index (χ4v) is 2.13. The van der Waals surface area contributed by atoms with Gasteiger partial charge in [-0.05, 0) is 41.6 Å². The number of fused-ring (bicyclic) bond motifs is 1. The number of carbonyl (C=O) groups is 1. The van der Waals surface area contributed by atoms with Crippen molar-refractivity contribution >= 4 is 39.3 Å². The van der Waals surface area contributed by atoms with E-state index in [1.807, 2.05) is 30.3 Å². The fourth-order valence-electron chi connectivity index (χ4n) is 1.34. The third kappa shape index (κ3) is 1.64. The highest BCUT2D eigenvalue weighted by Gasteiger charge is 2.07. The molecule has 3 heteroatoms. The average molecular weight is 297 g/mol. The molecule has 0 aliphatic carbocycles. The molecule has 2 rings (SSSR count). The second-order valence-corrected chi connectivity index (χ2v) is 4.10. The second kappa shape index (κ2) is 3.65. The summed E-state index contributed by atoms with van der Waals surface area (Å²) in [6, 6.07) is 9.69. The number of ketones is 1. The monoisotopic (exact) mass is 297 g/mol. The maximum atomic E-state index is 11.3. The van der Waals surface area contributed by atoms with Crippen molar-refractivity contribution in [3.05, 3.63) is 39.6 Å². The molecule has 2 aromatic rings. The van der Waals surface area contributed by atoms with Gasteiger partial charge in [-0.3, -0.25) is 4.79 Å². The number of rotatable bonds is 1. The predicted octanol–water partition coefficient (Wildman–Crippen LogP) is 3.04. The van der Waals surface area contributed by atoms with Gasteiger partial charge in [-0.25, -0.2) is 4.98 Å². The minimum atomic E-state index is 0.0626. The van der Waals surface area contributed by atoms with Crippen LogP contribution in [0.5, 0.6) is 0 Å². The summed E-state index contributed by atoms with van der Waals surface area (Å²) < 4.78 is 0.772. The molecule has 0 unspecified atom stereocenters. The first-order chi connectivity index (χ1) is 6.68. The van der Waals surface area contributed by atoms with Gasteiger partial charge in [0.2, 0.25) is 0 Å². The average Bonchev–Trinajstić information content (AvgIpc) is 2.16. The first-order valence-electron chi connectivity index (χ1n) is 4.25. The lowest BCUT2D eigenvalue weighted by Gasteiger charge is -2.02. The van der Waals surface area contributed by atoms with Gasteiger partial charge in [0.1, 0.15) is 3.70 Å². The molecule has 70 valence electrons. The molecule has 0 saturated carbocycles. The quantitative estimate of drug-likeness (QED) is 0.460. The van der Waals surface area contributed by atoms with Gasteiger partial charge >= 0.3 is 0 Å². The van der Waals surface area contributed by atoms with E-state index in [2.05, 4.69) is 27.6 Å². The maximum absolute atomic E-state index is 11.3. The number of hydrogen-bond donors (Lipinski definition) is 0. The number of para-hydroxylation sites is 1. The van der Waals surface area contributed by atoms with Crippen LogP contribution in [-0.2, 0) is 0 Å². The fraction of sp³-hybridized carbons (Fsp3) is 0.0909. The van der Waals surface area contributed by atoms with Gasteiger partial charge in [0.25, 0.3) is 0 Å². The van der Waals surface area contributed by atoms with Crippen molar-refractivity contribution in [2.24, 2.45) is 0 Å². The molecule has 2 nitrogen and oxygen atoms in total. The Morgan fingerprint density at radius 3 is 2.79 bits per heavy atom. The molecule has 0 N–H and O–H groups in total. The van der Waals surface area contributed by atoms with Crippen molar-refractivity contribution in [2.45, 2.75) is 6.92 Å². The molecule has 1 heterocycles. The van der Waals surface area contributed by atoms with E-state index in [0.29, 0.717) is 5.56 Å². The van der Waals surface area contributed by atoms with Crippen molar-refractivity contribution in [3.63, 3.8) is 0 Å². The summed E-state index contributed by atoms with van der Waals surface area (Å²) in [7, 11) is 0. The van der Waals surface area contributed by atoms with E-state index in [4.69, 9.17) is 0 Å². The summed E-state index contributed by atoms with van der Waals surface area (Å²) in [6.07, 6.45) is 0. The van der Waals surface area contributed by atoms with Crippen molar-refractivity contribution < 1.29 is 4.79 Å². The standard InChI is InChI=1S/C11H8INO/c1-7(14)9-6-8-4-2-3-5-10(8)13-11(9)12/h2-6H,1H3. The van der Waals surface area contributed by atoms with Gasteiger partial charge in [0.05, 0.1) is 5.52 Å². The van der Waals surface area contributed by atoms with E-state index in [1.165, 1.54) is 0 Å². The van der Waals surface area contributed by atoms with E-state index in [9.17, 15) is 4.79 Å². The summed E-state index contributed by atoms with van der Waals surface area (Å²) >= 11 is 2.09. The smallest absolute Gasteiger partial charge is 0.162 e. The van der Waals surface area contributed by atoms with E-state index >= 15 is 0 Å². The zero-order valence-corrected chi connectivity index (χ0v) is 9.78. The van der Waals surface area contributed by atoms with E-state index in [-0.39, 0.29) is 5.78 Å². The van der Waals surface area contributed by atoms with Crippen LogP contribution in [0.1, 0.15) is 17.3 Å². The summed E-state index contributed by atoms with van der Waals surface area (Å²) in [6.45, 7) is 1.56. The highest BCUT2D eigenvalue weighted by molar-refractivity contribution is 14.1. The predicted molar refractivity (Wildman–Crippen MR) is 64.5 cm³/mol. The van der Waals surface area contributed by atoms with Crippen LogP contribution < -0.4 is 0 Å². The topological polar surface area (TPSA) is 30.0 Å². The van der Waals surface area contributed by atoms with Crippen LogP contribution in [0.4, 0.5) is 0 Å². The Morgan fingerprint density at radius 1 is 1.36 bits per heavy atom.